The summed E-state index contributed by atoms with van der Waals surface area (Å²) in [6.07, 6.45) is 0.169. The van der Waals surface area contributed by atoms with Crippen molar-refractivity contribution >= 4 is 5.91 Å². The number of carbonyl (C=O) groups excluding carboxylic acids is 1. The van der Waals surface area contributed by atoms with Gasteiger partial charge in [0.15, 0.2) is 0 Å². The number of hydrogen-bond acceptors (Lipinski definition) is 2. The lowest BCUT2D eigenvalue weighted by Crippen LogP contribution is -2.46. The third-order valence-electron chi connectivity index (χ3n) is 1.69. The molecule has 0 aromatic rings. The molecule has 0 spiro atoms. The Morgan fingerprint density at radius 1 is 1.47 bits per heavy atom. The summed E-state index contributed by atoms with van der Waals surface area (Å²) < 4.78 is 5.39. The Morgan fingerprint density at radius 2 is 2.00 bits per heavy atom. The highest BCUT2D eigenvalue weighted by Gasteiger charge is 2.22. The molecule has 0 bridgehead atoms. The molecule has 1 amide bonds. The van der Waals surface area contributed by atoms with Gasteiger partial charge in [-0.15, -0.1) is 6.58 Å². The van der Waals surface area contributed by atoms with E-state index in [-0.39, 0.29) is 11.4 Å². The normalized spacial score (nSPS) is 13.4. The summed E-state index contributed by atoms with van der Waals surface area (Å²) >= 11 is 0. The summed E-state index contributed by atoms with van der Waals surface area (Å²) in [5.41, 5.74) is 0.735. The van der Waals surface area contributed by atoms with Gasteiger partial charge in [0.2, 0.25) is 5.91 Å². The van der Waals surface area contributed by atoms with Gasteiger partial charge in [-0.1, -0.05) is 5.57 Å². The van der Waals surface area contributed by atoms with Crippen LogP contribution in [-0.2, 0) is 9.53 Å². The van der Waals surface area contributed by atoms with E-state index >= 15 is 0 Å². The Kier molecular flexibility index (Phi) is 5.58. The van der Waals surface area contributed by atoms with Gasteiger partial charge in [-0.05, 0) is 34.6 Å². The van der Waals surface area contributed by atoms with E-state index < -0.39 is 6.10 Å². The highest BCUT2D eigenvalue weighted by molar-refractivity contribution is 5.81. The SMILES string of the molecule is C=C(C)CC(OCC)C(=O)NC(C)(C)C. The van der Waals surface area contributed by atoms with Gasteiger partial charge >= 0.3 is 0 Å². The minimum atomic E-state index is -0.410. The topological polar surface area (TPSA) is 38.3 Å². The van der Waals surface area contributed by atoms with Crippen LogP contribution >= 0.6 is 0 Å². The van der Waals surface area contributed by atoms with E-state index in [1.807, 2.05) is 34.6 Å². The second kappa shape index (κ2) is 5.91. The zero-order valence-electron chi connectivity index (χ0n) is 10.5. The van der Waals surface area contributed by atoms with E-state index in [0.29, 0.717) is 13.0 Å². The Hall–Kier alpha value is -0.830. The summed E-state index contributed by atoms with van der Waals surface area (Å²) in [6.45, 7) is 14.0. The third kappa shape index (κ3) is 7.14. The van der Waals surface area contributed by atoms with Crippen LogP contribution in [-0.4, -0.2) is 24.2 Å². The summed E-state index contributed by atoms with van der Waals surface area (Å²) in [5.74, 6) is -0.0626. The van der Waals surface area contributed by atoms with Crippen molar-refractivity contribution in [2.75, 3.05) is 6.61 Å². The molecular weight excluding hydrogens is 190 g/mol. The molecule has 0 fully saturated rings. The molecule has 0 aromatic carbocycles. The molecule has 15 heavy (non-hydrogen) atoms. The van der Waals surface area contributed by atoms with Gasteiger partial charge in [-0.25, -0.2) is 0 Å². The minimum Gasteiger partial charge on any atom is -0.368 e. The summed E-state index contributed by atoms with van der Waals surface area (Å²) in [4.78, 5) is 11.8. The average molecular weight is 213 g/mol. The molecule has 0 saturated carbocycles. The van der Waals surface area contributed by atoms with Crippen molar-refractivity contribution in [3.8, 4) is 0 Å². The molecule has 0 radical (unpaired) electrons. The molecule has 0 saturated heterocycles. The van der Waals surface area contributed by atoms with Crippen LogP contribution in [0.3, 0.4) is 0 Å². The highest BCUT2D eigenvalue weighted by atomic mass is 16.5. The fraction of sp³-hybridized carbons (Fsp3) is 0.750. The Balaban J connectivity index is 4.35. The van der Waals surface area contributed by atoms with Crippen molar-refractivity contribution in [2.45, 2.75) is 52.7 Å². The smallest absolute Gasteiger partial charge is 0.249 e. The first-order chi connectivity index (χ1) is 6.76. The zero-order valence-corrected chi connectivity index (χ0v) is 10.5. The molecule has 1 atom stereocenters. The van der Waals surface area contributed by atoms with Gasteiger partial charge in [-0.2, -0.15) is 0 Å². The maximum atomic E-state index is 11.8. The first-order valence-electron chi connectivity index (χ1n) is 5.34. The monoisotopic (exact) mass is 213 g/mol. The first kappa shape index (κ1) is 14.2. The quantitative estimate of drug-likeness (QED) is 0.711. The Morgan fingerprint density at radius 3 is 2.33 bits per heavy atom. The number of rotatable bonds is 5. The molecule has 1 N–H and O–H groups in total. The van der Waals surface area contributed by atoms with Gasteiger partial charge in [0.05, 0.1) is 0 Å². The first-order valence-corrected chi connectivity index (χ1v) is 5.34. The maximum absolute atomic E-state index is 11.8. The Labute approximate surface area is 92.9 Å². The predicted molar refractivity (Wildman–Crippen MR) is 62.7 cm³/mol. The molecule has 1 unspecified atom stereocenters. The van der Waals surface area contributed by atoms with Crippen LogP contribution in [0.5, 0.6) is 0 Å². The van der Waals surface area contributed by atoms with Crippen molar-refractivity contribution in [1.82, 2.24) is 5.32 Å². The number of carbonyl (C=O) groups is 1. The van der Waals surface area contributed by atoms with Crippen LogP contribution < -0.4 is 5.32 Å². The van der Waals surface area contributed by atoms with Crippen LogP contribution in [0.2, 0.25) is 0 Å². The Bertz CT molecular complexity index is 228. The van der Waals surface area contributed by atoms with Gasteiger partial charge in [0.25, 0.3) is 0 Å². The van der Waals surface area contributed by atoms with Crippen LogP contribution in [0.15, 0.2) is 12.2 Å². The molecule has 0 rings (SSSR count). The maximum Gasteiger partial charge on any atom is 0.249 e. The molecule has 3 heteroatoms. The summed E-state index contributed by atoms with van der Waals surface area (Å²) in [6, 6.07) is 0. The molecule has 0 aromatic heterocycles. The number of nitrogens with one attached hydrogen (secondary N) is 1. The van der Waals surface area contributed by atoms with Crippen molar-refractivity contribution in [1.29, 1.82) is 0 Å². The van der Waals surface area contributed by atoms with Crippen molar-refractivity contribution < 1.29 is 9.53 Å². The number of ether oxygens (including phenoxy) is 1. The number of hydrogen-bond donors (Lipinski definition) is 1. The van der Waals surface area contributed by atoms with E-state index in [1.54, 1.807) is 0 Å². The van der Waals surface area contributed by atoms with Crippen LogP contribution in [0.25, 0.3) is 0 Å². The number of amides is 1. The molecule has 0 aliphatic rings. The summed E-state index contributed by atoms with van der Waals surface area (Å²) in [5, 5.41) is 2.90. The lowest BCUT2D eigenvalue weighted by atomic mass is 10.1. The fourth-order valence-corrected chi connectivity index (χ4v) is 1.20. The molecule has 0 aliphatic carbocycles. The fourth-order valence-electron chi connectivity index (χ4n) is 1.20. The van der Waals surface area contributed by atoms with E-state index in [4.69, 9.17) is 4.74 Å². The second-order valence-electron chi connectivity index (χ2n) is 4.84. The largest absolute Gasteiger partial charge is 0.368 e. The standard InChI is InChI=1S/C12H23NO2/c1-7-15-10(8-9(2)3)11(14)13-12(4,5)6/h10H,2,7-8H2,1,3-6H3,(H,13,14). The lowest BCUT2D eigenvalue weighted by Gasteiger charge is -2.24. The zero-order chi connectivity index (χ0) is 12.1. The van der Waals surface area contributed by atoms with Crippen molar-refractivity contribution in [3.63, 3.8) is 0 Å². The minimum absolute atomic E-state index is 0.0626. The molecule has 0 heterocycles. The average Bonchev–Trinajstić information content (AvgIpc) is 1.99. The van der Waals surface area contributed by atoms with E-state index in [9.17, 15) is 4.79 Å². The lowest BCUT2D eigenvalue weighted by molar-refractivity contribution is -0.134. The highest BCUT2D eigenvalue weighted by Crippen LogP contribution is 2.09. The van der Waals surface area contributed by atoms with Crippen molar-refractivity contribution in [2.24, 2.45) is 0 Å². The molecule has 3 nitrogen and oxygen atoms in total. The van der Waals surface area contributed by atoms with Gasteiger partial charge < -0.3 is 10.1 Å². The third-order valence-corrected chi connectivity index (χ3v) is 1.69. The predicted octanol–water partition coefficient (Wildman–Crippen LogP) is 2.27. The van der Waals surface area contributed by atoms with Gasteiger partial charge in [0, 0.05) is 18.6 Å². The molecule has 88 valence electrons. The summed E-state index contributed by atoms with van der Waals surface area (Å²) in [7, 11) is 0. The second-order valence-corrected chi connectivity index (χ2v) is 4.84. The van der Waals surface area contributed by atoms with E-state index in [1.165, 1.54) is 0 Å². The van der Waals surface area contributed by atoms with E-state index in [2.05, 4.69) is 11.9 Å². The van der Waals surface area contributed by atoms with Crippen LogP contribution in [0.1, 0.15) is 41.0 Å². The molecule has 0 aliphatic heterocycles. The van der Waals surface area contributed by atoms with Gasteiger partial charge in [0.1, 0.15) is 6.10 Å². The van der Waals surface area contributed by atoms with Crippen LogP contribution in [0.4, 0.5) is 0 Å². The molecular formula is C12H23NO2. The van der Waals surface area contributed by atoms with Gasteiger partial charge in [-0.3, -0.25) is 4.79 Å². The van der Waals surface area contributed by atoms with Crippen LogP contribution in [0, 0.1) is 0 Å². The van der Waals surface area contributed by atoms with Crippen molar-refractivity contribution in [3.05, 3.63) is 12.2 Å². The van der Waals surface area contributed by atoms with E-state index in [0.717, 1.165) is 5.57 Å².